The number of nitrogens with one attached hydrogen (secondary N) is 2. The highest BCUT2D eigenvalue weighted by Crippen LogP contribution is 2.39. The van der Waals surface area contributed by atoms with Crippen LogP contribution in [-0.4, -0.2) is 42.9 Å². The lowest BCUT2D eigenvalue weighted by atomic mass is 9.95. The minimum absolute atomic E-state index is 0.162. The van der Waals surface area contributed by atoms with Crippen molar-refractivity contribution >= 4 is 33.7 Å². The van der Waals surface area contributed by atoms with Crippen LogP contribution in [0.15, 0.2) is 167 Å². The largest absolute Gasteiger partial charge is 0.508 e. The number of phenols is 4. The van der Waals surface area contributed by atoms with Gasteiger partial charge in [0.2, 0.25) is 0 Å². The van der Waals surface area contributed by atoms with E-state index < -0.39 is 0 Å². The van der Waals surface area contributed by atoms with Gasteiger partial charge in [0.1, 0.15) is 23.0 Å². The van der Waals surface area contributed by atoms with E-state index in [2.05, 4.69) is 16.4 Å². The molecule has 5 aromatic rings. The summed E-state index contributed by atoms with van der Waals surface area (Å²) in [6.45, 7) is 0. The average Bonchev–Trinajstić information content (AvgIpc) is 3.99. The Labute approximate surface area is 298 Å². The Morgan fingerprint density at radius 2 is 0.885 bits per heavy atom. The molecular weight excluding hydrogens is 649 g/mol. The monoisotopic (exact) mass is 680 g/mol. The van der Waals surface area contributed by atoms with E-state index >= 15 is 0 Å². The first-order valence-electron chi connectivity index (χ1n) is 17.0. The summed E-state index contributed by atoms with van der Waals surface area (Å²) in [5, 5.41) is 46.2. The summed E-state index contributed by atoms with van der Waals surface area (Å²) in [5.74, 6) is 0.697. The van der Waals surface area contributed by atoms with Crippen LogP contribution in [0.3, 0.4) is 0 Å². The van der Waals surface area contributed by atoms with Gasteiger partial charge in [-0.05, 0) is 114 Å². The number of phenolic OH excluding ortho intramolecular Hbond substituents is 4. The van der Waals surface area contributed by atoms with Crippen molar-refractivity contribution in [3.05, 3.63) is 190 Å². The third-order valence-corrected chi connectivity index (χ3v) is 9.70. The number of hydrogen-bond donors (Lipinski definition) is 6. The van der Waals surface area contributed by atoms with Crippen LogP contribution in [0.25, 0.3) is 22.3 Å². The number of allylic oxidation sites excluding steroid dienone is 5. The molecule has 0 amide bonds. The molecule has 0 saturated carbocycles. The second kappa shape index (κ2) is 12.4. The van der Waals surface area contributed by atoms with Gasteiger partial charge in [-0.1, -0.05) is 54.6 Å². The third-order valence-electron chi connectivity index (χ3n) is 9.70. The Morgan fingerprint density at radius 1 is 0.462 bits per heavy atom. The van der Waals surface area contributed by atoms with Crippen LogP contribution in [0.5, 0.6) is 23.0 Å². The molecule has 8 heteroatoms. The lowest BCUT2D eigenvalue weighted by Gasteiger charge is -2.21. The van der Waals surface area contributed by atoms with Gasteiger partial charge in [0.05, 0.1) is 28.9 Å². The van der Waals surface area contributed by atoms with Gasteiger partial charge >= 0.3 is 0 Å². The van der Waals surface area contributed by atoms with E-state index in [-0.39, 0.29) is 29.0 Å². The summed E-state index contributed by atoms with van der Waals surface area (Å²) >= 11 is 0. The summed E-state index contributed by atoms with van der Waals surface area (Å²) in [7, 11) is 0. The van der Waals surface area contributed by atoms with Crippen LogP contribution in [-0.2, 0) is 0 Å². The molecular formula is C44H32N4O4. The number of H-pyrrole nitrogens is 1. The van der Waals surface area contributed by atoms with Crippen LogP contribution in [0.2, 0.25) is 0 Å². The SMILES string of the molecule is Oc1ccc(C2=C3C=CC(=N3)C(c3ccc(O)cc3)=c3ccc([nH]3)=C(c3ccc(O)cc3)C3=NC(=C(c4ccc(O)cc4)C4CC=C2N4)C=C3)cc1. The molecule has 0 fully saturated rings. The highest BCUT2D eigenvalue weighted by atomic mass is 16.3. The maximum atomic E-state index is 10.2. The van der Waals surface area contributed by atoms with Gasteiger partial charge in [-0.3, -0.25) is 0 Å². The zero-order valence-electron chi connectivity index (χ0n) is 27.7. The van der Waals surface area contributed by atoms with Crippen LogP contribution >= 0.6 is 0 Å². The fourth-order valence-electron chi connectivity index (χ4n) is 7.26. The van der Waals surface area contributed by atoms with Crippen LogP contribution < -0.4 is 16.0 Å². The summed E-state index contributed by atoms with van der Waals surface area (Å²) in [5.41, 5.74) is 11.1. The quantitative estimate of drug-likeness (QED) is 0.132. The first kappa shape index (κ1) is 31.0. The Balaban J connectivity index is 1.37. The highest BCUT2D eigenvalue weighted by molar-refractivity contribution is 6.31. The molecule has 8 bridgehead atoms. The first-order chi connectivity index (χ1) is 25.4. The molecule has 252 valence electrons. The lowest BCUT2D eigenvalue weighted by Crippen LogP contribution is -2.26. The van der Waals surface area contributed by atoms with E-state index in [9.17, 15) is 20.4 Å². The fourth-order valence-corrected chi connectivity index (χ4v) is 7.26. The molecule has 4 aliphatic rings. The maximum Gasteiger partial charge on any atom is 0.115 e. The molecule has 8 nitrogen and oxygen atoms in total. The molecule has 4 aromatic carbocycles. The van der Waals surface area contributed by atoms with Crippen LogP contribution in [0.1, 0.15) is 28.7 Å². The van der Waals surface area contributed by atoms with Crippen molar-refractivity contribution in [3.63, 3.8) is 0 Å². The van der Waals surface area contributed by atoms with Crippen molar-refractivity contribution < 1.29 is 20.4 Å². The van der Waals surface area contributed by atoms with Crippen molar-refractivity contribution in [2.24, 2.45) is 9.98 Å². The normalized spacial score (nSPS) is 17.8. The Hall–Kier alpha value is -7.06. The predicted octanol–water partition coefficient (Wildman–Crippen LogP) is 6.34. The Kier molecular flexibility index (Phi) is 7.36. The second-order valence-corrected chi connectivity index (χ2v) is 13.0. The van der Waals surface area contributed by atoms with Gasteiger partial charge in [0.15, 0.2) is 0 Å². The summed E-state index contributed by atoms with van der Waals surface area (Å²) in [4.78, 5) is 14.2. The number of aromatic hydroxyl groups is 4. The molecule has 0 radical (unpaired) electrons. The van der Waals surface area contributed by atoms with Crippen molar-refractivity contribution in [1.82, 2.24) is 10.3 Å². The first-order valence-corrected chi connectivity index (χ1v) is 17.0. The standard InChI is InChI=1S/C44H32N4O4/c49-29-9-1-25(2-10-29)41-33-17-19-35(45-33)42(26-3-11-30(50)12-4-26)37-21-23-39(47-37)44(28-7-15-32(52)16-8-28)40-24-22-38(48-40)43(36-20-18-34(41)46-36)27-5-13-31(51)14-6-27/h1-23,40,45,48-52H,24H2. The number of rotatable bonds is 4. The smallest absolute Gasteiger partial charge is 0.115 e. The van der Waals surface area contributed by atoms with Gasteiger partial charge in [-0.25, -0.2) is 9.98 Å². The molecule has 0 saturated heterocycles. The number of aliphatic imine (C=N–C) groups is 2. The van der Waals surface area contributed by atoms with E-state index in [1.165, 1.54) is 0 Å². The van der Waals surface area contributed by atoms with Gasteiger partial charge in [-0.15, -0.1) is 0 Å². The van der Waals surface area contributed by atoms with E-state index in [0.717, 1.165) is 83.8 Å². The van der Waals surface area contributed by atoms with Gasteiger partial charge in [-0.2, -0.15) is 0 Å². The number of fused-ring (bicyclic) bond motifs is 6. The van der Waals surface area contributed by atoms with E-state index in [1.807, 2.05) is 85.0 Å². The highest BCUT2D eigenvalue weighted by Gasteiger charge is 2.29. The number of hydrogen-bond acceptors (Lipinski definition) is 7. The topological polar surface area (TPSA) is 133 Å². The molecule has 1 unspecified atom stereocenters. The van der Waals surface area contributed by atoms with Crippen LogP contribution in [0.4, 0.5) is 0 Å². The van der Waals surface area contributed by atoms with Crippen LogP contribution in [0, 0.1) is 0 Å². The van der Waals surface area contributed by atoms with Crippen molar-refractivity contribution in [2.45, 2.75) is 12.5 Å². The molecule has 5 heterocycles. The Bertz CT molecular complexity index is 2620. The number of benzene rings is 4. The molecule has 9 rings (SSSR count). The summed E-state index contributed by atoms with van der Waals surface area (Å²) in [6.07, 6.45) is 10.9. The van der Waals surface area contributed by atoms with E-state index in [0.29, 0.717) is 6.42 Å². The molecule has 1 atom stereocenters. The number of aromatic nitrogens is 1. The zero-order chi connectivity index (χ0) is 35.3. The second-order valence-electron chi connectivity index (χ2n) is 13.0. The van der Waals surface area contributed by atoms with Gasteiger partial charge in [0, 0.05) is 38.7 Å². The van der Waals surface area contributed by atoms with Crippen molar-refractivity contribution in [1.29, 1.82) is 0 Å². The maximum absolute atomic E-state index is 10.2. The van der Waals surface area contributed by atoms with E-state index in [4.69, 9.17) is 9.98 Å². The molecule has 6 N–H and O–H groups in total. The predicted molar refractivity (Wildman–Crippen MR) is 204 cm³/mol. The van der Waals surface area contributed by atoms with Crippen molar-refractivity contribution in [3.8, 4) is 23.0 Å². The fraction of sp³-hybridized carbons (Fsp3) is 0.0455. The van der Waals surface area contributed by atoms with E-state index in [1.54, 1.807) is 48.5 Å². The average molecular weight is 681 g/mol. The molecule has 0 spiro atoms. The zero-order valence-corrected chi connectivity index (χ0v) is 27.7. The van der Waals surface area contributed by atoms with Gasteiger partial charge in [0.25, 0.3) is 0 Å². The van der Waals surface area contributed by atoms with Crippen molar-refractivity contribution in [2.75, 3.05) is 0 Å². The third kappa shape index (κ3) is 5.52. The lowest BCUT2D eigenvalue weighted by molar-refractivity contribution is 0.474. The summed E-state index contributed by atoms with van der Waals surface area (Å²) in [6, 6.07) is 32.4. The molecule has 4 aliphatic heterocycles. The Morgan fingerprint density at radius 3 is 1.38 bits per heavy atom. The minimum atomic E-state index is -0.162. The molecule has 1 aromatic heterocycles. The number of aromatic amines is 1. The van der Waals surface area contributed by atoms with Gasteiger partial charge < -0.3 is 30.7 Å². The molecule has 52 heavy (non-hydrogen) atoms. The minimum Gasteiger partial charge on any atom is -0.508 e. The molecule has 0 aliphatic carbocycles. The summed E-state index contributed by atoms with van der Waals surface area (Å²) < 4.78 is 0. The number of nitrogens with zero attached hydrogens (tertiary/aromatic N) is 2.